The highest BCUT2D eigenvalue weighted by atomic mass is 35.5. The first kappa shape index (κ1) is 20.2. The maximum Gasteiger partial charge on any atom is 0.260 e. The second kappa shape index (κ2) is 9.11. The Morgan fingerprint density at radius 1 is 0.964 bits per heavy atom. The summed E-state index contributed by atoms with van der Waals surface area (Å²) >= 11 is 5.89. The summed E-state index contributed by atoms with van der Waals surface area (Å²) in [5.41, 5.74) is 2.80. The van der Waals surface area contributed by atoms with Gasteiger partial charge in [-0.1, -0.05) is 23.7 Å². The number of carbonyl (C=O) groups is 2. The Kier molecular flexibility index (Phi) is 6.57. The standard InChI is InChI=1S/C22H25ClN2O3/c1-16-5-3-6-20(17(16)2)28-15-21(26)24-11-4-12-25(14-13-24)22(27)18-7-9-19(23)10-8-18/h3,5-10H,4,11-15H2,1-2H3. The van der Waals surface area contributed by atoms with E-state index in [1.165, 1.54) is 0 Å². The fraction of sp³-hybridized carbons (Fsp3) is 0.364. The predicted octanol–water partition coefficient (Wildman–Crippen LogP) is 3.71. The highest BCUT2D eigenvalue weighted by Crippen LogP contribution is 2.20. The van der Waals surface area contributed by atoms with E-state index in [1.807, 2.05) is 32.0 Å². The number of ether oxygens (including phenoxy) is 1. The molecule has 28 heavy (non-hydrogen) atoms. The van der Waals surface area contributed by atoms with Gasteiger partial charge in [0.25, 0.3) is 11.8 Å². The monoisotopic (exact) mass is 400 g/mol. The molecule has 3 rings (SSSR count). The summed E-state index contributed by atoms with van der Waals surface area (Å²) in [6.45, 7) is 6.29. The molecule has 1 fully saturated rings. The van der Waals surface area contributed by atoms with Gasteiger partial charge in [-0.2, -0.15) is 0 Å². The summed E-state index contributed by atoms with van der Waals surface area (Å²) in [6.07, 6.45) is 0.745. The molecule has 2 aromatic rings. The van der Waals surface area contributed by atoms with Crippen molar-refractivity contribution in [3.63, 3.8) is 0 Å². The highest BCUT2D eigenvalue weighted by molar-refractivity contribution is 6.30. The number of hydrogen-bond acceptors (Lipinski definition) is 3. The van der Waals surface area contributed by atoms with Gasteiger partial charge in [0.1, 0.15) is 5.75 Å². The minimum atomic E-state index is -0.0540. The predicted molar refractivity (Wildman–Crippen MR) is 110 cm³/mol. The van der Waals surface area contributed by atoms with E-state index >= 15 is 0 Å². The van der Waals surface area contributed by atoms with Crippen LogP contribution < -0.4 is 4.74 Å². The lowest BCUT2D eigenvalue weighted by atomic mass is 10.1. The molecule has 1 aliphatic heterocycles. The van der Waals surface area contributed by atoms with Crippen molar-refractivity contribution in [1.82, 2.24) is 9.80 Å². The Balaban J connectivity index is 1.55. The molecule has 0 radical (unpaired) electrons. The molecule has 2 amide bonds. The van der Waals surface area contributed by atoms with Crippen LogP contribution in [0.2, 0.25) is 5.02 Å². The van der Waals surface area contributed by atoms with E-state index in [4.69, 9.17) is 16.3 Å². The van der Waals surface area contributed by atoms with E-state index in [1.54, 1.807) is 34.1 Å². The first-order chi connectivity index (χ1) is 13.5. The Bertz CT molecular complexity index is 851. The van der Waals surface area contributed by atoms with Crippen LogP contribution in [0.25, 0.3) is 0 Å². The zero-order valence-corrected chi connectivity index (χ0v) is 17.0. The third-order valence-electron chi connectivity index (χ3n) is 5.13. The molecule has 0 aliphatic carbocycles. The van der Waals surface area contributed by atoms with Crippen LogP contribution in [-0.4, -0.2) is 54.4 Å². The van der Waals surface area contributed by atoms with Crippen molar-refractivity contribution < 1.29 is 14.3 Å². The van der Waals surface area contributed by atoms with Crippen LogP contribution in [-0.2, 0) is 4.79 Å². The molecule has 1 aliphatic rings. The number of carbonyl (C=O) groups excluding carboxylic acids is 2. The molecular formula is C22H25ClN2O3. The van der Waals surface area contributed by atoms with Crippen LogP contribution in [0, 0.1) is 13.8 Å². The average molecular weight is 401 g/mol. The number of benzene rings is 2. The lowest BCUT2D eigenvalue weighted by molar-refractivity contribution is -0.133. The summed E-state index contributed by atoms with van der Waals surface area (Å²) < 4.78 is 5.74. The second-order valence-electron chi connectivity index (χ2n) is 7.02. The van der Waals surface area contributed by atoms with Gasteiger partial charge >= 0.3 is 0 Å². The molecule has 0 bridgehead atoms. The van der Waals surface area contributed by atoms with E-state index in [-0.39, 0.29) is 18.4 Å². The molecule has 2 aromatic carbocycles. The van der Waals surface area contributed by atoms with Crippen molar-refractivity contribution in [3.8, 4) is 5.75 Å². The van der Waals surface area contributed by atoms with Crippen LogP contribution in [0.15, 0.2) is 42.5 Å². The van der Waals surface area contributed by atoms with Crippen molar-refractivity contribution in [2.75, 3.05) is 32.8 Å². The molecule has 5 nitrogen and oxygen atoms in total. The Morgan fingerprint density at radius 2 is 1.64 bits per heavy atom. The topological polar surface area (TPSA) is 49.9 Å². The third kappa shape index (κ3) is 4.84. The van der Waals surface area contributed by atoms with Gasteiger partial charge in [-0.3, -0.25) is 9.59 Å². The van der Waals surface area contributed by atoms with Gasteiger partial charge in [-0.15, -0.1) is 0 Å². The van der Waals surface area contributed by atoms with Crippen LogP contribution in [0.4, 0.5) is 0 Å². The van der Waals surface area contributed by atoms with Crippen molar-refractivity contribution in [1.29, 1.82) is 0 Å². The molecule has 1 saturated heterocycles. The van der Waals surface area contributed by atoms with E-state index in [0.29, 0.717) is 36.8 Å². The fourth-order valence-corrected chi connectivity index (χ4v) is 3.38. The van der Waals surface area contributed by atoms with Gasteiger partial charge in [0.2, 0.25) is 0 Å². The Hall–Kier alpha value is -2.53. The van der Waals surface area contributed by atoms with Crippen molar-refractivity contribution in [2.24, 2.45) is 0 Å². The van der Waals surface area contributed by atoms with E-state index in [2.05, 4.69) is 0 Å². The molecule has 1 heterocycles. The van der Waals surface area contributed by atoms with Crippen LogP contribution in [0.5, 0.6) is 5.75 Å². The molecule has 6 heteroatoms. The van der Waals surface area contributed by atoms with Gasteiger partial charge in [0.05, 0.1) is 0 Å². The van der Waals surface area contributed by atoms with Gasteiger partial charge in [0, 0.05) is 36.8 Å². The number of rotatable bonds is 4. The number of aryl methyl sites for hydroxylation is 1. The van der Waals surface area contributed by atoms with Crippen molar-refractivity contribution >= 4 is 23.4 Å². The zero-order valence-electron chi connectivity index (χ0n) is 16.3. The SMILES string of the molecule is Cc1cccc(OCC(=O)N2CCCN(C(=O)c3ccc(Cl)cc3)CC2)c1C. The summed E-state index contributed by atoms with van der Waals surface area (Å²) in [6, 6.07) is 12.7. The maximum absolute atomic E-state index is 12.7. The molecule has 0 spiro atoms. The molecule has 0 aromatic heterocycles. The first-order valence-corrected chi connectivity index (χ1v) is 9.85. The summed E-state index contributed by atoms with van der Waals surface area (Å²) in [5.74, 6) is 0.655. The molecule has 148 valence electrons. The highest BCUT2D eigenvalue weighted by Gasteiger charge is 2.23. The minimum Gasteiger partial charge on any atom is -0.483 e. The summed E-state index contributed by atoms with van der Waals surface area (Å²) in [4.78, 5) is 28.8. The zero-order chi connectivity index (χ0) is 20.1. The summed E-state index contributed by atoms with van der Waals surface area (Å²) in [7, 11) is 0. The number of nitrogens with zero attached hydrogens (tertiary/aromatic N) is 2. The van der Waals surface area contributed by atoms with E-state index in [0.717, 1.165) is 23.3 Å². The minimum absolute atomic E-state index is 0.00935. The lowest BCUT2D eigenvalue weighted by Crippen LogP contribution is -2.39. The summed E-state index contributed by atoms with van der Waals surface area (Å²) in [5, 5.41) is 0.605. The van der Waals surface area contributed by atoms with E-state index in [9.17, 15) is 9.59 Å². The molecule has 0 saturated carbocycles. The normalized spacial score (nSPS) is 14.5. The average Bonchev–Trinajstić information content (AvgIpc) is 2.95. The fourth-order valence-electron chi connectivity index (χ4n) is 3.26. The van der Waals surface area contributed by atoms with Crippen molar-refractivity contribution in [3.05, 3.63) is 64.2 Å². The van der Waals surface area contributed by atoms with Gasteiger partial charge in [-0.05, 0) is 61.7 Å². The number of halogens is 1. The lowest BCUT2D eigenvalue weighted by Gasteiger charge is -2.22. The second-order valence-corrected chi connectivity index (χ2v) is 7.46. The number of amides is 2. The van der Waals surface area contributed by atoms with E-state index < -0.39 is 0 Å². The largest absolute Gasteiger partial charge is 0.483 e. The van der Waals surface area contributed by atoms with Crippen LogP contribution >= 0.6 is 11.6 Å². The van der Waals surface area contributed by atoms with Crippen LogP contribution in [0.1, 0.15) is 27.9 Å². The Morgan fingerprint density at radius 3 is 2.39 bits per heavy atom. The number of hydrogen-bond donors (Lipinski definition) is 0. The Labute approximate surface area is 170 Å². The molecule has 0 atom stereocenters. The van der Waals surface area contributed by atoms with Crippen LogP contribution in [0.3, 0.4) is 0 Å². The van der Waals surface area contributed by atoms with Crippen molar-refractivity contribution in [2.45, 2.75) is 20.3 Å². The molecular weight excluding hydrogens is 376 g/mol. The quantitative estimate of drug-likeness (QED) is 0.786. The van der Waals surface area contributed by atoms with Gasteiger partial charge in [-0.25, -0.2) is 0 Å². The van der Waals surface area contributed by atoms with Gasteiger partial charge < -0.3 is 14.5 Å². The molecule has 0 N–H and O–H groups in total. The molecule has 0 unspecified atom stereocenters. The van der Waals surface area contributed by atoms with Gasteiger partial charge in [0.15, 0.2) is 6.61 Å². The maximum atomic E-state index is 12.7. The third-order valence-corrected chi connectivity index (χ3v) is 5.39. The smallest absolute Gasteiger partial charge is 0.260 e. The first-order valence-electron chi connectivity index (χ1n) is 9.47.